The third-order valence-electron chi connectivity index (χ3n) is 2.83. The molecule has 0 aliphatic carbocycles. The summed E-state index contributed by atoms with van der Waals surface area (Å²) in [5.41, 5.74) is 5.94. The van der Waals surface area contributed by atoms with Crippen LogP contribution in [0.5, 0.6) is 5.75 Å². The van der Waals surface area contributed by atoms with Crippen LogP contribution in [-0.2, 0) is 6.18 Å². The van der Waals surface area contributed by atoms with Gasteiger partial charge in [0, 0.05) is 21.8 Å². The second-order valence-corrected chi connectivity index (χ2v) is 4.58. The van der Waals surface area contributed by atoms with Crippen molar-refractivity contribution in [3.8, 4) is 16.9 Å². The van der Waals surface area contributed by atoms with E-state index in [1.54, 1.807) is 18.2 Å². The van der Waals surface area contributed by atoms with E-state index in [4.69, 9.17) is 22.1 Å². The second kappa shape index (κ2) is 5.25. The molecule has 0 aromatic heterocycles. The first-order valence-corrected chi connectivity index (χ1v) is 6.01. The van der Waals surface area contributed by atoms with E-state index >= 15 is 0 Å². The van der Waals surface area contributed by atoms with Crippen LogP contribution in [0.1, 0.15) is 5.56 Å². The lowest BCUT2D eigenvalue weighted by atomic mass is 10.0. The Hall–Kier alpha value is -1.88. The van der Waals surface area contributed by atoms with Gasteiger partial charge in [-0.05, 0) is 30.3 Å². The van der Waals surface area contributed by atoms with E-state index in [0.29, 0.717) is 21.9 Å². The molecule has 0 heterocycles. The van der Waals surface area contributed by atoms with Crippen molar-refractivity contribution in [1.82, 2.24) is 0 Å². The van der Waals surface area contributed by atoms with Gasteiger partial charge < -0.3 is 10.5 Å². The summed E-state index contributed by atoms with van der Waals surface area (Å²) in [6.07, 6.45) is -4.43. The standard InChI is InChI=1S/C14H11ClF3NO/c1-20-13-5-3-9(15)7-11(13)10-4-2-8(6-12(10)19)14(16,17)18/h2-7H,19H2,1H3. The summed E-state index contributed by atoms with van der Waals surface area (Å²) in [6, 6.07) is 8.05. The number of benzene rings is 2. The van der Waals surface area contributed by atoms with Crippen LogP contribution in [-0.4, -0.2) is 7.11 Å². The van der Waals surface area contributed by atoms with Crippen molar-refractivity contribution in [2.75, 3.05) is 12.8 Å². The van der Waals surface area contributed by atoms with Crippen LogP contribution in [0.3, 0.4) is 0 Å². The quantitative estimate of drug-likeness (QED) is 0.822. The molecule has 6 heteroatoms. The van der Waals surface area contributed by atoms with Crippen LogP contribution in [0.15, 0.2) is 36.4 Å². The molecule has 0 radical (unpaired) electrons. The smallest absolute Gasteiger partial charge is 0.416 e. The molecular formula is C14H11ClF3NO. The van der Waals surface area contributed by atoms with Crippen LogP contribution in [0.2, 0.25) is 5.02 Å². The first-order chi connectivity index (χ1) is 9.32. The Bertz CT molecular complexity index is 641. The number of hydrogen-bond acceptors (Lipinski definition) is 2. The molecule has 0 spiro atoms. The highest BCUT2D eigenvalue weighted by atomic mass is 35.5. The number of anilines is 1. The van der Waals surface area contributed by atoms with Crippen LogP contribution < -0.4 is 10.5 Å². The number of nitrogens with two attached hydrogens (primary N) is 1. The average Bonchev–Trinajstić information content (AvgIpc) is 2.37. The third kappa shape index (κ3) is 2.82. The van der Waals surface area contributed by atoms with E-state index in [-0.39, 0.29) is 5.69 Å². The van der Waals surface area contributed by atoms with Crippen LogP contribution >= 0.6 is 11.6 Å². The number of alkyl halides is 3. The molecule has 2 aromatic carbocycles. The number of methoxy groups -OCH3 is 1. The van der Waals surface area contributed by atoms with E-state index < -0.39 is 11.7 Å². The summed E-state index contributed by atoms with van der Waals surface area (Å²) >= 11 is 5.90. The van der Waals surface area contributed by atoms with Gasteiger partial charge in [0.1, 0.15) is 5.75 Å². The van der Waals surface area contributed by atoms with Gasteiger partial charge >= 0.3 is 6.18 Å². The third-order valence-corrected chi connectivity index (χ3v) is 3.07. The Morgan fingerprint density at radius 3 is 2.30 bits per heavy atom. The SMILES string of the molecule is COc1ccc(Cl)cc1-c1ccc(C(F)(F)F)cc1N. The van der Waals surface area contributed by atoms with Crippen LogP contribution in [0.25, 0.3) is 11.1 Å². The number of hydrogen-bond donors (Lipinski definition) is 1. The molecule has 0 aliphatic heterocycles. The number of halogens is 4. The van der Waals surface area contributed by atoms with E-state index in [1.807, 2.05) is 0 Å². The minimum Gasteiger partial charge on any atom is -0.496 e. The molecule has 20 heavy (non-hydrogen) atoms. The first-order valence-electron chi connectivity index (χ1n) is 5.63. The van der Waals surface area contributed by atoms with E-state index in [2.05, 4.69) is 0 Å². The summed E-state index contributed by atoms with van der Waals surface area (Å²) in [5, 5.41) is 0.445. The highest BCUT2D eigenvalue weighted by Gasteiger charge is 2.31. The zero-order valence-corrected chi connectivity index (χ0v) is 11.2. The molecule has 0 saturated heterocycles. The molecule has 0 amide bonds. The number of nitrogen functional groups attached to an aromatic ring is 1. The fourth-order valence-corrected chi connectivity index (χ4v) is 2.05. The summed E-state index contributed by atoms with van der Waals surface area (Å²) < 4.78 is 43.0. The monoisotopic (exact) mass is 301 g/mol. The predicted molar refractivity (Wildman–Crippen MR) is 72.9 cm³/mol. The van der Waals surface area contributed by atoms with E-state index in [1.165, 1.54) is 13.2 Å². The molecule has 0 fully saturated rings. The molecule has 0 bridgehead atoms. The molecule has 0 unspecified atom stereocenters. The average molecular weight is 302 g/mol. The van der Waals surface area contributed by atoms with Gasteiger partial charge in [0.15, 0.2) is 0 Å². The van der Waals surface area contributed by atoms with Crippen molar-refractivity contribution < 1.29 is 17.9 Å². The highest BCUT2D eigenvalue weighted by Crippen LogP contribution is 2.38. The lowest BCUT2D eigenvalue weighted by Crippen LogP contribution is -2.06. The van der Waals surface area contributed by atoms with Gasteiger partial charge in [-0.25, -0.2) is 0 Å². The van der Waals surface area contributed by atoms with Crippen molar-refractivity contribution in [1.29, 1.82) is 0 Å². The topological polar surface area (TPSA) is 35.2 Å². The fraction of sp³-hybridized carbons (Fsp3) is 0.143. The van der Waals surface area contributed by atoms with Crippen molar-refractivity contribution >= 4 is 17.3 Å². The molecule has 0 aliphatic rings. The Balaban J connectivity index is 2.57. The highest BCUT2D eigenvalue weighted by molar-refractivity contribution is 6.31. The van der Waals surface area contributed by atoms with Crippen LogP contribution in [0.4, 0.5) is 18.9 Å². The fourth-order valence-electron chi connectivity index (χ4n) is 1.88. The summed E-state index contributed by atoms with van der Waals surface area (Å²) in [7, 11) is 1.47. The van der Waals surface area contributed by atoms with Gasteiger partial charge in [0.25, 0.3) is 0 Å². The molecule has 0 atom stereocenters. The van der Waals surface area contributed by atoms with Gasteiger partial charge in [-0.3, -0.25) is 0 Å². The maximum Gasteiger partial charge on any atom is 0.416 e. The summed E-state index contributed by atoms with van der Waals surface area (Å²) in [6.45, 7) is 0. The Labute approximate surface area is 118 Å². The molecule has 106 valence electrons. The van der Waals surface area contributed by atoms with Crippen molar-refractivity contribution in [2.45, 2.75) is 6.18 Å². The van der Waals surface area contributed by atoms with Crippen molar-refractivity contribution in [3.05, 3.63) is 47.0 Å². The Morgan fingerprint density at radius 1 is 1.05 bits per heavy atom. The lowest BCUT2D eigenvalue weighted by Gasteiger charge is -2.13. The maximum absolute atomic E-state index is 12.6. The van der Waals surface area contributed by atoms with Gasteiger partial charge in [-0.1, -0.05) is 17.7 Å². The Kier molecular flexibility index (Phi) is 3.81. The molecule has 0 saturated carbocycles. The Morgan fingerprint density at radius 2 is 1.75 bits per heavy atom. The van der Waals surface area contributed by atoms with E-state index in [0.717, 1.165) is 12.1 Å². The minimum absolute atomic E-state index is 0.0143. The second-order valence-electron chi connectivity index (χ2n) is 4.14. The maximum atomic E-state index is 12.6. The molecule has 2 nitrogen and oxygen atoms in total. The van der Waals surface area contributed by atoms with Gasteiger partial charge in [-0.2, -0.15) is 13.2 Å². The molecule has 2 aromatic rings. The molecular weight excluding hydrogens is 291 g/mol. The molecule has 2 rings (SSSR count). The lowest BCUT2D eigenvalue weighted by molar-refractivity contribution is -0.137. The van der Waals surface area contributed by atoms with Gasteiger partial charge in [0.05, 0.1) is 12.7 Å². The van der Waals surface area contributed by atoms with E-state index in [9.17, 15) is 13.2 Å². The number of ether oxygens (including phenoxy) is 1. The minimum atomic E-state index is -4.43. The van der Waals surface area contributed by atoms with Crippen molar-refractivity contribution in [2.24, 2.45) is 0 Å². The van der Waals surface area contributed by atoms with Gasteiger partial charge in [-0.15, -0.1) is 0 Å². The zero-order valence-electron chi connectivity index (χ0n) is 10.5. The van der Waals surface area contributed by atoms with Crippen LogP contribution in [0, 0.1) is 0 Å². The summed E-state index contributed by atoms with van der Waals surface area (Å²) in [4.78, 5) is 0. The van der Waals surface area contributed by atoms with Gasteiger partial charge in [0.2, 0.25) is 0 Å². The predicted octanol–water partition coefficient (Wildman–Crippen LogP) is 4.62. The zero-order chi connectivity index (χ0) is 14.9. The number of rotatable bonds is 2. The largest absolute Gasteiger partial charge is 0.496 e. The van der Waals surface area contributed by atoms with Crippen molar-refractivity contribution in [3.63, 3.8) is 0 Å². The first kappa shape index (κ1) is 14.5. The molecule has 2 N–H and O–H groups in total. The summed E-state index contributed by atoms with van der Waals surface area (Å²) in [5.74, 6) is 0.487. The normalized spacial score (nSPS) is 11.4.